The summed E-state index contributed by atoms with van der Waals surface area (Å²) in [5, 5.41) is 0.740. The molecule has 25 heavy (non-hydrogen) atoms. The van der Waals surface area contributed by atoms with Crippen molar-refractivity contribution in [1.82, 2.24) is 9.88 Å². The van der Waals surface area contributed by atoms with Gasteiger partial charge in [-0.3, -0.25) is 4.79 Å². The van der Waals surface area contributed by atoms with Crippen molar-refractivity contribution in [2.75, 3.05) is 7.05 Å². The van der Waals surface area contributed by atoms with Crippen LogP contribution in [0.1, 0.15) is 33.9 Å². The van der Waals surface area contributed by atoms with Gasteiger partial charge >= 0.3 is 6.18 Å². The average molecular weight is 364 g/mol. The molecule has 0 fully saturated rings. The number of fused-ring (bicyclic) bond motifs is 1. The van der Waals surface area contributed by atoms with Crippen LogP contribution in [0.3, 0.4) is 0 Å². The van der Waals surface area contributed by atoms with E-state index in [1.807, 2.05) is 31.2 Å². The van der Waals surface area contributed by atoms with Crippen LogP contribution < -0.4 is 0 Å². The zero-order chi connectivity index (χ0) is 18.2. The Morgan fingerprint density at radius 2 is 1.88 bits per heavy atom. The third-order valence-electron chi connectivity index (χ3n) is 4.01. The van der Waals surface area contributed by atoms with E-state index in [2.05, 4.69) is 4.98 Å². The molecule has 7 heteroatoms. The predicted octanol–water partition coefficient (Wildman–Crippen LogP) is 5.15. The minimum atomic E-state index is -4.48. The van der Waals surface area contributed by atoms with E-state index in [9.17, 15) is 18.0 Å². The molecule has 1 amide bonds. The van der Waals surface area contributed by atoms with Gasteiger partial charge in [0, 0.05) is 12.6 Å². The van der Waals surface area contributed by atoms with Gasteiger partial charge in [0.2, 0.25) is 0 Å². The van der Waals surface area contributed by atoms with Crippen LogP contribution in [0.15, 0.2) is 48.5 Å². The van der Waals surface area contributed by atoms with E-state index < -0.39 is 17.6 Å². The summed E-state index contributed by atoms with van der Waals surface area (Å²) < 4.78 is 39.5. The molecule has 130 valence electrons. The van der Waals surface area contributed by atoms with Crippen LogP contribution in [0.2, 0.25) is 0 Å². The van der Waals surface area contributed by atoms with Gasteiger partial charge < -0.3 is 4.90 Å². The van der Waals surface area contributed by atoms with Crippen molar-refractivity contribution in [3.05, 3.63) is 64.7 Å². The summed E-state index contributed by atoms with van der Waals surface area (Å²) in [6, 6.07) is 11.7. The van der Waals surface area contributed by atoms with Crippen LogP contribution in [0.5, 0.6) is 0 Å². The molecule has 1 aromatic heterocycles. The second-order valence-corrected chi connectivity index (χ2v) is 6.75. The highest BCUT2D eigenvalue weighted by atomic mass is 32.1. The molecule has 0 bridgehead atoms. The summed E-state index contributed by atoms with van der Waals surface area (Å²) in [6.07, 6.45) is -4.48. The minimum Gasteiger partial charge on any atom is -0.333 e. The van der Waals surface area contributed by atoms with Gasteiger partial charge in [-0.1, -0.05) is 18.2 Å². The number of rotatable bonds is 3. The van der Waals surface area contributed by atoms with Crippen molar-refractivity contribution < 1.29 is 18.0 Å². The van der Waals surface area contributed by atoms with Gasteiger partial charge in [0.15, 0.2) is 0 Å². The number of hydrogen-bond donors (Lipinski definition) is 0. The van der Waals surface area contributed by atoms with E-state index in [-0.39, 0.29) is 11.6 Å². The molecule has 0 spiro atoms. The largest absolute Gasteiger partial charge is 0.416 e. The zero-order valence-electron chi connectivity index (χ0n) is 13.5. The molecule has 0 unspecified atom stereocenters. The second-order valence-electron chi connectivity index (χ2n) is 5.69. The Kier molecular flexibility index (Phi) is 4.51. The van der Waals surface area contributed by atoms with Gasteiger partial charge in [0.05, 0.1) is 21.8 Å². The molecule has 3 aromatic rings. The quantitative estimate of drug-likeness (QED) is 0.644. The van der Waals surface area contributed by atoms with E-state index >= 15 is 0 Å². The highest BCUT2D eigenvalue weighted by Gasteiger charge is 2.31. The first kappa shape index (κ1) is 17.4. The lowest BCUT2D eigenvalue weighted by Gasteiger charge is -2.23. The topological polar surface area (TPSA) is 33.2 Å². The van der Waals surface area contributed by atoms with E-state index in [1.54, 1.807) is 7.05 Å². The fraction of sp³-hybridized carbons (Fsp3) is 0.222. The molecule has 3 nitrogen and oxygen atoms in total. The molecule has 0 N–H and O–H groups in total. The maximum absolute atomic E-state index is 12.8. The smallest absolute Gasteiger partial charge is 0.333 e. The number of para-hydroxylation sites is 1. The Labute approximate surface area is 146 Å². The zero-order valence-corrected chi connectivity index (χ0v) is 14.4. The fourth-order valence-corrected chi connectivity index (χ4v) is 3.51. The molecule has 3 rings (SSSR count). The number of nitrogens with zero attached hydrogens (tertiary/aromatic N) is 2. The summed E-state index contributed by atoms with van der Waals surface area (Å²) in [6.45, 7) is 1.81. The molecular formula is C18H15F3N2OS. The number of amides is 1. The number of carbonyl (C=O) groups excluding carboxylic acids is 1. The first-order chi connectivity index (χ1) is 11.8. The maximum Gasteiger partial charge on any atom is 0.416 e. The lowest BCUT2D eigenvalue weighted by atomic mass is 10.1. The molecule has 1 heterocycles. The summed E-state index contributed by atoms with van der Waals surface area (Å²) in [5.74, 6) is -0.474. The first-order valence-electron chi connectivity index (χ1n) is 7.57. The average Bonchev–Trinajstić information content (AvgIpc) is 3.03. The monoisotopic (exact) mass is 364 g/mol. The normalized spacial score (nSPS) is 13.0. The minimum absolute atomic E-state index is 0.00489. The summed E-state index contributed by atoms with van der Waals surface area (Å²) in [7, 11) is 1.57. The molecule has 0 saturated carbocycles. The third kappa shape index (κ3) is 3.51. The van der Waals surface area contributed by atoms with E-state index in [0.717, 1.165) is 27.4 Å². The lowest BCUT2D eigenvalue weighted by molar-refractivity contribution is -0.137. The molecule has 0 aliphatic rings. The van der Waals surface area contributed by atoms with Crippen molar-refractivity contribution in [2.24, 2.45) is 0 Å². The molecule has 0 saturated heterocycles. The van der Waals surface area contributed by atoms with Gasteiger partial charge in [-0.2, -0.15) is 13.2 Å². The summed E-state index contributed by atoms with van der Waals surface area (Å²) in [5.41, 5.74) is 0.0129. The lowest BCUT2D eigenvalue weighted by Crippen LogP contribution is -2.29. The third-order valence-corrected chi connectivity index (χ3v) is 5.21. The van der Waals surface area contributed by atoms with E-state index in [4.69, 9.17) is 0 Å². The molecule has 0 radical (unpaired) electrons. The first-order valence-corrected chi connectivity index (χ1v) is 8.39. The Hall–Kier alpha value is -2.41. The Balaban J connectivity index is 1.86. The number of carbonyl (C=O) groups is 1. The highest BCUT2D eigenvalue weighted by molar-refractivity contribution is 7.18. The van der Waals surface area contributed by atoms with Crippen molar-refractivity contribution in [2.45, 2.75) is 19.1 Å². The molecule has 2 aromatic carbocycles. The number of hydrogen-bond acceptors (Lipinski definition) is 3. The maximum atomic E-state index is 12.8. The highest BCUT2D eigenvalue weighted by Crippen LogP contribution is 2.32. The van der Waals surface area contributed by atoms with Gasteiger partial charge in [0.25, 0.3) is 5.91 Å². The van der Waals surface area contributed by atoms with E-state index in [1.165, 1.54) is 28.4 Å². The van der Waals surface area contributed by atoms with Crippen LogP contribution in [0.4, 0.5) is 13.2 Å². The molecule has 0 aliphatic heterocycles. The standard InChI is InChI=1S/C18H15F3N2OS/c1-11(16-22-14-8-3-4-9-15(14)25-16)23(2)17(24)12-6-5-7-13(10-12)18(19,20)21/h3-11H,1-2H3/t11-/m0/s1. The number of halogens is 3. The summed E-state index contributed by atoms with van der Waals surface area (Å²) in [4.78, 5) is 18.5. The van der Waals surface area contributed by atoms with Crippen LogP contribution in [-0.4, -0.2) is 22.8 Å². The SMILES string of the molecule is C[C@@H](c1nc2ccccc2s1)N(C)C(=O)c1cccc(C(F)(F)F)c1. The Morgan fingerprint density at radius 3 is 2.56 bits per heavy atom. The number of benzene rings is 2. The van der Waals surface area contributed by atoms with Gasteiger partial charge in [-0.15, -0.1) is 11.3 Å². The van der Waals surface area contributed by atoms with Crippen molar-refractivity contribution >= 4 is 27.5 Å². The predicted molar refractivity (Wildman–Crippen MR) is 91.6 cm³/mol. The molecular weight excluding hydrogens is 349 g/mol. The van der Waals surface area contributed by atoms with Gasteiger partial charge in [0.1, 0.15) is 5.01 Å². The van der Waals surface area contributed by atoms with Crippen LogP contribution in [0.25, 0.3) is 10.2 Å². The Morgan fingerprint density at radius 1 is 1.16 bits per heavy atom. The van der Waals surface area contributed by atoms with Gasteiger partial charge in [-0.25, -0.2) is 4.98 Å². The number of thiazole rings is 1. The molecule has 1 atom stereocenters. The van der Waals surface area contributed by atoms with Gasteiger partial charge in [-0.05, 0) is 37.3 Å². The van der Waals surface area contributed by atoms with Crippen LogP contribution in [0, 0.1) is 0 Å². The molecule has 0 aliphatic carbocycles. The number of alkyl halides is 3. The summed E-state index contributed by atoms with van der Waals surface area (Å²) >= 11 is 1.47. The Bertz CT molecular complexity index is 887. The second kappa shape index (κ2) is 6.48. The van der Waals surface area contributed by atoms with Crippen molar-refractivity contribution in [3.63, 3.8) is 0 Å². The van der Waals surface area contributed by atoms with E-state index in [0.29, 0.717) is 0 Å². The number of aromatic nitrogens is 1. The fourth-order valence-electron chi connectivity index (χ4n) is 2.44. The van der Waals surface area contributed by atoms with Crippen molar-refractivity contribution in [1.29, 1.82) is 0 Å². The van der Waals surface area contributed by atoms with Crippen molar-refractivity contribution in [3.8, 4) is 0 Å². The van der Waals surface area contributed by atoms with Crippen LogP contribution >= 0.6 is 11.3 Å². The van der Waals surface area contributed by atoms with Crippen LogP contribution in [-0.2, 0) is 6.18 Å².